The zero-order valence-corrected chi connectivity index (χ0v) is 19.1. The molecule has 0 atom stereocenters. The summed E-state index contributed by atoms with van der Waals surface area (Å²) in [6, 6.07) is 26.0. The first-order chi connectivity index (χ1) is 16.8. The lowest BCUT2D eigenvalue weighted by atomic mass is 10.1. The third-order valence-electron chi connectivity index (χ3n) is 6.06. The number of nitrogens with zero attached hydrogens (tertiary/aromatic N) is 1. The number of carbonyl (C=O) groups is 1. The summed E-state index contributed by atoms with van der Waals surface area (Å²) in [7, 11) is 0. The quantitative estimate of drug-likeness (QED) is 0.189. The van der Waals surface area contributed by atoms with Crippen LogP contribution in [0.1, 0.15) is 25.7 Å². The normalized spacial score (nSPS) is 11.2. The van der Waals surface area contributed by atoms with Gasteiger partial charge in [0.15, 0.2) is 0 Å². The van der Waals surface area contributed by atoms with Crippen LogP contribution in [0.15, 0.2) is 78.9 Å². The van der Waals surface area contributed by atoms with Crippen LogP contribution < -0.4 is 16.0 Å². The largest absolute Gasteiger partial charge is 0.369 e. The van der Waals surface area contributed by atoms with Gasteiger partial charge in [-0.25, -0.2) is 9.78 Å². The number of aromatic nitrogens is 2. The Morgan fingerprint density at radius 3 is 2.32 bits per heavy atom. The molecule has 0 aliphatic carbocycles. The minimum absolute atomic E-state index is 0.155. The van der Waals surface area contributed by atoms with Gasteiger partial charge in [0.1, 0.15) is 5.82 Å². The summed E-state index contributed by atoms with van der Waals surface area (Å²) in [6.45, 7) is 1.54. The van der Waals surface area contributed by atoms with Crippen molar-refractivity contribution in [2.75, 3.05) is 23.7 Å². The second-order valence-corrected chi connectivity index (χ2v) is 8.49. The molecule has 34 heavy (non-hydrogen) atoms. The average Bonchev–Trinajstić information content (AvgIpc) is 3.26. The monoisotopic (exact) mass is 451 g/mol. The zero-order valence-electron chi connectivity index (χ0n) is 19.1. The number of rotatable bonds is 9. The van der Waals surface area contributed by atoms with Crippen LogP contribution in [0.5, 0.6) is 0 Å². The maximum absolute atomic E-state index is 11.9. The minimum atomic E-state index is -0.155. The van der Waals surface area contributed by atoms with E-state index in [0.29, 0.717) is 6.54 Å². The van der Waals surface area contributed by atoms with Gasteiger partial charge >= 0.3 is 6.03 Å². The summed E-state index contributed by atoms with van der Waals surface area (Å²) in [5.74, 6) is 0.936. The fraction of sp³-hybridized carbons (Fsp3) is 0.214. The summed E-state index contributed by atoms with van der Waals surface area (Å²) >= 11 is 0. The molecule has 0 fully saturated rings. The van der Waals surface area contributed by atoms with E-state index >= 15 is 0 Å². The van der Waals surface area contributed by atoms with E-state index in [1.807, 2.05) is 36.4 Å². The first-order valence-corrected chi connectivity index (χ1v) is 11.9. The summed E-state index contributed by atoms with van der Waals surface area (Å²) in [5.41, 5.74) is 4.05. The molecule has 2 heterocycles. The number of benzene rings is 3. The molecule has 0 unspecified atom stereocenters. The average molecular weight is 452 g/mol. The number of hydrogen-bond acceptors (Lipinski definition) is 3. The Balaban J connectivity index is 1.13. The summed E-state index contributed by atoms with van der Waals surface area (Å²) in [6.07, 6.45) is 4.18. The van der Waals surface area contributed by atoms with Crippen LogP contribution in [0.2, 0.25) is 0 Å². The number of carbonyl (C=O) groups excluding carboxylic acids is 1. The predicted molar refractivity (Wildman–Crippen MR) is 142 cm³/mol. The van der Waals surface area contributed by atoms with Crippen LogP contribution >= 0.6 is 0 Å². The number of unbranched alkanes of at least 4 members (excludes halogenated alkanes) is 3. The topological polar surface area (TPSA) is 81.8 Å². The number of anilines is 2. The first-order valence-electron chi connectivity index (χ1n) is 11.9. The molecule has 0 radical (unpaired) electrons. The molecule has 5 aromatic rings. The molecule has 0 saturated carbocycles. The number of pyridine rings is 1. The van der Waals surface area contributed by atoms with E-state index in [1.165, 1.54) is 5.39 Å². The van der Waals surface area contributed by atoms with Gasteiger partial charge in [-0.2, -0.15) is 0 Å². The molecule has 2 amide bonds. The Morgan fingerprint density at radius 2 is 1.47 bits per heavy atom. The molecule has 0 aliphatic heterocycles. The SMILES string of the molecule is O=C(NCCCCCCNc1nc2ccccc2c2[nH]c3ccccc3c12)Nc1ccccc1. The molecule has 172 valence electrons. The Morgan fingerprint density at radius 1 is 0.765 bits per heavy atom. The number of H-pyrrole nitrogens is 1. The van der Waals surface area contributed by atoms with Gasteiger partial charge in [0, 0.05) is 35.1 Å². The standard InChI is InChI=1S/C28H29N5O/c34-28(31-20-12-4-3-5-13-20)30-19-11-2-1-10-18-29-27-25-21-14-6-8-16-23(21)32-26(25)22-15-7-9-17-24(22)33-27/h3-9,12-17,32H,1-2,10-11,18-19H2,(H,29,33)(H2,30,31,34). The molecular formula is C28H29N5O. The number of urea groups is 1. The Kier molecular flexibility index (Phi) is 6.56. The van der Waals surface area contributed by atoms with Crippen molar-refractivity contribution in [2.45, 2.75) is 25.7 Å². The van der Waals surface area contributed by atoms with Gasteiger partial charge < -0.3 is 20.9 Å². The van der Waals surface area contributed by atoms with Crippen molar-refractivity contribution in [3.63, 3.8) is 0 Å². The fourth-order valence-corrected chi connectivity index (χ4v) is 4.39. The van der Waals surface area contributed by atoms with Crippen LogP contribution in [0.25, 0.3) is 32.7 Å². The van der Waals surface area contributed by atoms with E-state index in [4.69, 9.17) is 4.98 Å². The van der Waals surface area contributed by atoms with E-state index in [9.17, 15) is 4.79 Å². The fourth-order valence-electron chi connectivity index (χ4n) is 4.39. The maximum atomic E-state index is 11.9. The third-order valence-corrected chi connectivity index (χ3v) is 6.06. The van der Waals surface area contributed by atoms with Crippen molar-refractivity contribution in [1.29, 1.82) is 0 Å². The van der Waals surface area contributed by atoms with Gasteiger partial charge in [0.25, 0.3) is 0 Å². The van der Waals surface area contributed by atoms with Crippen LogP contribution in [-0.4, -0.2) is 29.1 Å². The zero-order chi connectivity index (χ0) is 23.2. The molecule has 5 rings (SSSR count). The van der Waals surface area contributed by atoms with E-state index in [0.717, 1.165) is 71.1 Å². The summed E-state index contributed by atoms with van der Waals surface area (Å²) < 4.78 is 0. The van der Waals surface area contributed by atoms with Gasteiger partial charge in [-0.1, -0.05) is 67.4 Å². The number of nitrogens with one attached hydrogen (secondary N) is 4. The van der Waals surface area contributed by atoms with Gasteiger partial charge in [0.05, 0.1) is 16.4 Å². The minimum Gasteiger partial charge on any atom is -0.369 e. The molecule has 2 aromatic heterocycles. The van der Waals surface area contributed by atoms with Gasteiger partial charge in [-0.05, 0) is 37.1 Å². The lowest BCUT2D eigenvalue weighted by Crippen LogP contribution is -2.29. The van der Waals surface area contributed by atoms with Crippen molar-refractivity contribution < 1.29 is 4.79 Å². The third kappa shape index (κ3) is 4.81. The van der Waals surface area contributed by atoms with Crippen molar-refractivity contribution in [3.8, 4) is 0 Å². The van der Waals surface area contributed by atoms with Crippen molar-refractivity contribution in [2.24, 2.45) is 0 Å². The van der Waals surface area contributed by atoms with Crippen LogP contribution in [0.3, 0.4) is 0 Å². The summed E-state index contributed by atoms with van der Waals surface area (Å²) in [4.78, 5) is 20.5. The molecule has 3 aromatic carbocycles. The number of aromatic amines is 1. The number of hydrogen-bond donors (Lipinski definition) is 4. The molecule has 6 heteroatoms. The lowest BCUT2D eigenvalue weighted by molar-refractivity contribution is 0.252. The van der Waals surface area contributed by atoms with E-state index in [1.54, 1.807) is 0 Å². The maximum Gasteiger partial charge on any atom is 0.319 e. The second kappa shape index (κ2) is 10.3. The van der Waals surface area contributed by atoms with Crippen molar-refractivity contribution >= 4 is 50.2 Å². The highest BCUT2D eigenvalue weighted by molar-refractivity contribution is 6.20. The van der Waals surface area contributed by atoms with Crippen LogP contribution in [0, 0.1) is 0 Å². The van der Waals surface area contributed by atoms with E-state index < -0.39 is 0 Å². The van der Waals surface area contributed by atoms with Gasteiger partial charge in [-0.15, -0.1) is 0 Å². The van der Waals surface area contributed by atoms with E-state index in [-0.39, 0.29) is 6.03 Å². The molecule has 0 aliphatic rings. The van der Waals surface area contributed by atoms with Crippen LogP contribution in [-0.2, 0) is 0 Å². The van der Waals surface area contributed by atoms with Gasteiger partial charge in [0.2, 0.25) is 0 Å². The van der Waals surface area contributed by atoms with Crippen LogP contribution in [0.4, 0.5) is 16.3 Å². The predicted octanol–water partition coefficient (Wildman–Crippen LogP) is 6.66. The molecule has 0 bridgehead atoms. The van der Waals surface area contributed by atoms with E-state index in [2.05, 4.69) is 63.4 Å². The highest BCUT2D eigenvalue weighted by Crippen LogP contribution is 2.34. The highest BCUT2D eigenvalue weighted by Gasteiger charge is 2.13. The highest BCUT2D eigenvalue weighted by atomic mass is 16.2. The lowest BCUT2D eigenvalue weighted by Gasteiger charge is -2.10. The smallest absolute Gasteiger partial charge is 0.319 e. The molecule has 0 saturated heterocycles. The first kappa shape index (κ1) is 21.8. The number of fused-ring (bicyclic) bond motifs is 5. The van der Waals surface area contributed by atoms with Crippen molar-refractivity contribution in [3.05, 3.63) is 78.9 Å². The molecule has 4 N–H and O–H groups in total. The number of para-hydroxylation sites is 3. The molecular weight excluding hydrogens is 422 g/mol. The molecule has 0 spiro atoms. The number of amides is 2. The Hall–Kier alpha value is -4.06. The second-order valence-electron chi connectivity index (χ2n) is 8.49. The molecule has 6 nitrogen and oxygen atoms in total. The summed E-state index contributed by atoms with van der Waals surface area (Å²) in [5, 5.41) is 12.8. The Labute approximate surface area is 198 Å². The Bertz CT molecular complexity index is 1410. The van der Waals surface area contributed by atoms with Gasteiger partial charge in [-0.3, -0.25) is 0 Å². The van der Waals surface area contributed by atoms with Crippen molar-refractivity contribution in [1.82, 2.24) is 15.3 Å².